The van der Waals surface area contributed by atoms with Gasteiger partial charge in [-0.05, 0) is 67.9 Å². The summed E-state index contributed by atoms with van der Waals surface area (Å²) < 4.78 is 5.47. The predicted octanol–water partition coefficient (Wildman–Crippen LogP) is 5.44. The highest BCUT2D eigenvalue weighted by Gasteiger charge is 2.48. The van der Waals surface area contributed by atoms with E-state index in [1.165, 1.54) is 32.1 Å². The number of fused-ring (bicyclic) bond motifs is 1. The highest BCUT2D eigenvalue weighted by Crippen LogP contribution is 2.54. The standard InChI is InChI=1S/C25H26N6O5/c1-36-22-5-3-2-4-17(22)26-24-25(29-23-15-7-13-6-14(9-15)10-16(23)8-13)28-19-12-21(31(34)35)20(30(32)33)11-18(19)27-24/h2-5,11-16,23H,6-10H2,1H3,(H,26,27)(H,28,29). The molecule has 4 saturated carbocycles. The zero-order chi connectivity index (χ0) is 25.0. The number of methoxy groups -OCH3 is 1. The van der Waals surface area contributed by atoms with Gasteiger partial charge < -0.3 is 15.4 Å². The molecule has 0 saturated heterocycles. The van der Waals surface area contributed by atoms with Gasteiger partial charge in [0, 0.05) is 6.04 Å². The minimum Gasteiger partial charge on any atom is -0.495 e. The van der Waals surface area contributed by atoms with Crippen LogP contribution in [-0.2, 0) is 0 Å². The molecule has 0 amide bonds. The van der Waals surface area contributed by atoms with Crippen LogP contribution in [0.5, 0.6) is 5.75 Å². The number of benzene rings is 2. The normalized spacial score (nSPS) is 26.1. The van der Waals surface area contributed by atoms with Crippen molar-refractivity contribution in [3.63, 3.8) is 0 Å². The number of nitrogens with one attached hydrogen (secondary N) is 2. The third-order valence-corrected chi connectivity index (χ3v) is 8.04. The van der Waals surface area contributed by atoms with Gasteiger partial charge in [0.25, 0.3) is 0 Å². The molecule has 4 fully saturated rings. The fourth-order valence-electron chi connectivity index (χ4n) is 6.76. The molecule has 2 aromatic carbocycles. The van der Waals surface area contributed by atoms with E-state index in [9.17, 15) is 20.2 Å². The highest BCUT2D eigenvalue weighted by molar-refractivity contribution is 5.87. The largest absolute Gasteiger partial charge is 0.495 e. The fraction of sp³-hybridized carbons (Fsp3) is 0.440. The molecule has 4 aliphatic rings. The van der Waals surface area contributed by atoms with E-state index in [1.807, 2.05) is 24.3 Å². The Morgan fingerprint density at radius 3 is 1.97 bits per heavy atom. The molecule has 0 unspecified atom stereocenters. The average molecular weight is 491 g/mol. The van der Waals surface area contributed by atoms with Gasteiger partial charge in [0.1, 0.15) is 5.75 Å². The summed E-state index contributed by atoms with van der Waals surface area (Å²) in [6.45, 7) is 0. The van der Waals surface area contributed by atoms with Crippen molar-refractivity contribution in [2.75, 3.05) is 17.7 Å². The molecule has 2 N–H and O–H groups in total. The molecule has 0 radical (unpaired) electrons. The molecule has 11 heteroatoms. The summed E-state index contributed by atoms with van der Waals surface area (Å²) in [5.74, 6) is 4.21. The molecule has 0 spiro atoms. The molecule has 3 aromatic rings. The Morgan fingerprint density at radius 2 is 1.42 bits per heavy atom. The lowest BCUT2D eigenvalue weighted by molar-refractivity contribution is -0.422. The van der Waals surface area contributed by atoms with Crippen molar-refractivity contribution in [3.05, 3.63) is 56.6 Å². The predicted molar refractivity (Wildman–Crippen MR) is 134 cm³/mol. The smallest absolute Gasteiger partial charge is 0.348 e. The van der Waals surface area contributed by atoms with Crippen LogP contribution in [0.1, 0.15) is 32.1 Å². The maximum atomic E-state index is 11.5. The van der Waals surface area contributed by atoms with E-state index in [-0.39, 0.29) is 17.1 Å². The van der Waals surface area contributed by atoms with Crippen molar-refractivity contribution in [3.8, 4) is 5.75 Å². The summed E-state index contributed by atoms with van der Waals surface area (Å²) in [6, 6.07) is 9.86. The number of hydrogen-bond donors (Lipinski definition) is 2. The van der Waals surface area contributed by atoms with Crippen molar-refractivity contribution in [2.24, 2.45) is 23.7 Å². The number of para-hydroxylation sites is 2. The monoisotopic (exact) mass is 490 g/mol. The van der Waals surface area contributed by atoms with Gasteiger partial charge in [-0.2, -0.15) is 0 Å². The number of anilines is 3. The Morgan fingerprint density at radius 1 is 0.861 bits per heavy atom. The summed E-state index contributed by atoms with van der Waals surface area (Å²) in [5, 5.41) is 30.0. The van der Waals surface area contributed by atoms with Gasteiger partial charge in [-0.1, -0.05) is 12.1 Å². The minimum absolute atomic E-state index is 0.195. The second kappa shape index (κ2) is 8.58. The van der Waals surface area contributed by atoms with E-state index >= 15 is 0 Å². The van der Waals surface area contributed by atoms with Crippen molar-refractivity contribution in [1.29, 1.82) is 0 Å². The van der Waals surface area contributed by atoms with Gasteiger partial charge in [-0.15, -0.1) is 0 Å². The summed E-state index contributed by atoms with van der Waals surface area (Å²) in [5.41, 5.74) is -0.137. The van der Waals surface area contributed by atoms with Gasteiger partial charge in [0.15, 0.2) is 11.6 Å². The van der Waals surface area contributed by atoms with Crippen LogP contribution >= 0.6 is 0 Å². The molecule has 0 atom stereocenters. The van der Waals surface area contributed by atoms with E-state index in [1.54, 1.807) is 7.11 Å². The Bertz CT molecular complexity index is 1350. The maximum Gasteiger partial charge on any atom is 0.348 e. The molecule has 1 heterocycles. The molecule has 36 heavy (non-hydrogen) atoms. The Hall–Kier alpha value is -4.02. The molecule has 186 valence electrons. The molecule has 0 aliphatic heterocycles. The van der Waals surface area contributed by atoms with Crippen molar-refractivity contribution < 1.29 is 14.6 Å². The number of rotatable bonds is 7. The third-order valence-electron chi connectivity index (χ3n) is 8.04. The zero-order valence-corrected chi connectivity index (χ0v) is 19.7. The first kappa shape index (κ1) is 22.4. The van der Waals surface area contributed by atoms with Crippen molar-refractivity contribution >= 4 is 39.7 Å². The molecule has 1 aromatic heterocycles. The maximum absolute atomic E-state index is 11.5. The Kier molecular flexibility index (Phi) is 5.35. The van der Waals surface area contributed by atoms with Gasteiger partial charge in [0.2, 0.25) is 0 Å². The molecule has 7 rings (SSSR count). The molecular weight excluding hydrogens is 464 g/mol. The van der Waals surface area contributed by atoms with Crippen LogP contribution in [0.15, 0.2) is 36.4 Å². The van der Waals surface area contributed by atoms with E-state index in [4.69, 9.17) is 9.72 Å². The number of nitrogens with zero attached hydrogens (tertiary/aromatic N) is 4. The second-order valence-electron chi connectivity index (χ2n) is 10.2. The minimum atomic E-state index is -0.771. The van der Waals surface area contributed by atoms with Crippen LogP contribution < -0.4 is 15.4 Å². The lowest BCUT2D eigenvalue weighted by Crippen LogP contribution is -2.51. The molecule has 4 aliphatic carbocycles. The van der Waals surface area contributed by atoms with Crippen molar-refractivity contribution in [1.82, 2.24) is 9.97 Å². The van der Waals surface area contributed by atoms with Crippen LogP contribution in [0.2, 0.25) is 0 Å². The summed E-state index contributed by atoms with van der Waals surface area (Å²) in [4.78, 5) is 30.9. The van der Waals surface area contributed by atoms with Gasteiger partial charge >= 0.3 is 11.4 Å². The van der Waals surface area contributed by atoms with Gasteiger partial charge in [0.05, 0.1) is 45.8 Å². The SMILES string of the molecule is COc1ccccc1Nc1nc2cc([N+](=O)[O-])c([N+](=O)[O-])cc2nc1NC1C2CC3CC(C2)CC1C3. The topological polar surface area (TPSA) is 145 Å². The van der Waals surface area contributed by atoms with Crippen LogP contribution in [0, 0.1) is 43.9 Å². The van der Waals surface area contributed by atoms with Crippen LogP contribution in [0.25, 0.3) is 11.0 Å². The fourth-order valence-corrected chi connectivity index (χ4v) is 6.76. The van der Waals surface area contributed by atoms with Gasteiger partial charge in [-0.25, -0.2) is 9.97 Å². The first-order valence-corrected chi connectivity index (χ1v) is 12.2. The number of nitro benzene ring substituents is 2. The number of ether oxygens (including phenoxy) is 1. The quantitative estimate of drug-likeness (QED) is 0.327. The zero-order valence-electron chi connectivity index (χ0n) is 19.7. The second-order valence-corrected chi connectivity index (χ2v) is 10.2. The van der Waals surface area contributed by atoms with E-state index in [0.717, 1.165) is 24.0 Å². The first-order valence-electron chi connectivity index (χ1n) is 12.2. The Labute approximate surface area is 206 Å². The number of aromatic nitrogens is 2. The molecular formula is C25H26N6O5. The average Bonchev–Trinajstić information content (AvgIpc) is 2.85. The first-order chi connectivity index (χ1) is 17.4. The van der Waals surface area contributed by atoms with E-state index in [2.05, 4.69) is 15.6 Å². The van der Waals surface area contributed by atoms with Crippen LogP contribution in [-0.4, -0.2) is 33.0 Å². The summed E-state index contributed by atoms with van der Waals surface area (Å²) >= 11 is 0. The lowest BCUT2D eigenvalue weighted by atomic mass is 9.54. The van der Waals surface area contributed by atoms with E-state index < -0.39 is 21.2 Å². The molecule has 11 nitrogen and oxygen atoms in total. The van der Waals surface area contributed by atoms with Gasteiger partial charge in [-0.3, -0.25) is 20.2 Å². The van der Waals surface area contributed by atoms with Crippen LogP contribution in [0.3, 0.4) is 0 Å². The summed E-state index contributed by atoms with van der Waals surface area (Å²) in [7, 11) is 1.57. The van der Waals surface area contributed by atoms with Crippen molar-refractivity contribution in [2.45, 2.75) is 38.1 Å². The lowest BCUT2D eigenvalue weighted by Gasteiger charge is -2.54. The summed E-state index contributed by atoms with van der Waals surface area (Å²) in [6.07, 6.45) is 6.17. The Balaban J connectivity index is 1.45. The van der Waals surface area contributed by atoms with Crippen LogP contribution in [0.4, 0.5) is 28.7 Å². The highest BCUT2D eigenvalue weighted by atomic mass is 16.6. The van der Waals surface area contributed by atoms with E-state index in [0.29, 0.717) is 34.9 Å². The number of nitro groups is 2. The third kappa shape index (κ3) is 3.84. The number of hydrogen-bond acceptors (Lipinski definition) is 9. The molecule has 4 bridgehead atoms.